The molecule has 5 heteroatoms. The standard InChI is InChI=1S/C20H23N3O2/c24-19(21-13-12-16-5-2-1-3-6-16)15-22-17-8-10-18(11-9-17)23-14-4-7-20(23)25/h1-3,5-6,8-11,22H,4,7,12-15H2,(H,21,24). The predicted octanol–water partition coefficient (Wildman–Crippen LogP) is 2.58. The smallest absolute Gasteiger partial charge is 0.239 e. The van der Waals surface area contributed by atoms with Crippen LogP contribution in [0.4, 0.5) is 11.4 Å². The van der Waals surface area contributed by atoms with E-state index in [-0.39, 0.29) is 18.4 Å². The largest absolute Gasteiger partial charge is 0.376 e. The quantitative estimate of drug-likeness (QED) is 0.816. The van der Waals surface area contributed by atoms with E-state index in [9.17, 15) is 9.59 Å². The summed E-state index contributed by atoms with van der Waals surface area (Å²) >= 11 is 0. The van der Waals surface area contributed by atoms with Crippen LogP contribution in [0, 0.1) is 0 Å². The zero-order valence-corrected chi connectivity index (χ0v) is 14.2. The number of anilines is 2. The Hall–Kier alpha value is -2.82. The Bertz CT molecular complexity index is 713. The third kappa shape index (κ3) is 4.83. The third-order valence-corrected chi connectivity index (χ3v) is 4.28. The van der Waals surface area contributed by atoms with Gasteiger partial charge in [0.15, 0.2) is 0 Å². The molecule has 130 valence electrons. The number of amides is 2. The highest BCUT2D eigenvalue weighted by Crippen LogP contribution is 2.22. The number of carbonyl (C=O) groups is 2. The molecule has 25 heavy (non-hydrogen) atoms. The van der Waals surface area contributed by atoms with E-state index in [1.54, 1.807) is 4.90 Å². The molecule has 0 aliphatic carbocycles. The molecule has 1 heterocycles. The molecule has 2 aromatic rings. The first kappa shape index (κ1) is 17.0. The van der Waals surface area contributed by atoms with Gasteiger partial charge in [0, 0.05) is 30.9 Å². The number of nitrogens with zero attached hydrogens (tertiary/aromatic N) is 1. The Morgan fingerprint density at radius 2 is 1.80 bits per heavy atom. The van der Waals surface area contributed by atoms with Gasteiger partial charge in [-0.3, -0.25) is 9.59 Å². The zero-order chi connectivity index (χ0) is 17.5. The predicted molar refractivity (Wildman–Crippen MR) is 99.7 cm³/mol. The average molecular weight is 337 g/mol. The third-order valence-electron chi connectivity index (χ3n) is 4.28. The molecule has 1 aliphatic rings. The van der Waals surface area contributed by atoms with Gasteiger partial charge in [0.05, 0.1) is 6.54 Å². The molecule has 0 aromatic heterocycles. The summed E-state index contributed by atoms with van der Waals surface area (Å²) in [6.45, 7) is 1.65. The van der Waals surface area contributed by atoms with Gasteiger partial charge in [-0.2, -0.15) is 0 Å². The van der Waals surface area contributed by atoms with Crippen molar-refractivity contribution in [1.82, 2.24) is 5.32 Å². The normalized spacial score (nSPS) is 13.8. The van der Waals surface area contributed by atoms with E-state index in [0.29, 0.717) is 13.0 Å². The number of nitrogens with one attached hydrogen (secondary N) is 2. The van der Waals surface area contributed by atoms with Gasteiger partial charge in [-0.15, -0.1) is 0 Å². The maximum Gasteiger partial charge on any atom is 0.239 e. The Morgan fingerprint density at radius 1 is 1.04 bits per heavy atom. The van der Waals surface area contributed by atoms with Crippen LogP contribution in [0.1, 0.15) is 18.4 Å². The molecular weight excluding hydrogens is 314 g/mol. The molecular formula is C20H23N3O2. The number of rotatable bonds is 7. The van der Waals surface area contributed by atoms with Crippen molar-refractivity contribution in [2.24, 2.45) is 0 Å². The molecule has 2 aromatic carbocycles. The number of hydrogen-bond acceptors (Lipinski definition) is 3. The number of benzene rings is 2. The van der Waals surface area contributed by atoms with Crippen LogP contribution in [-0.4, -0.2) is 31.4 Å². The van der Waals surface area contributed by atoms with Crippen LogP contribution in [0.2, 0.25) is 0 Å². The summed E-state index contributed by atoms with van der Waals surface area (Å²) in [5.41, 5.74) is 3.00. The van der Waals surface area contributed by atoms with Crippen LogP contribution in [0.3, 0.4) is 0 Å². The van der Waals surface area contributed by atoms with E-state index in [1.807, 2.05) is 42.5 Å². The van der Waals surface area contributed by atoms with Gasteiger partial charge in [-0.05, 0) is 42.7 Å². The monoisotopic (exact) mass is 337 g/mol. The van der Waals surface area contributed by atoms with E-state index in [0.717, 1.165) is 30.8 Å². The van der Waals surface area contributed by atoms with Crippen LogP contribution >= 0.6 is 0 Å². The molecule has 0 radical (unpaired) electrons. The van der Waals surface area contributed by atoms with E-state index in [1.165, 1.54) is 5.56 Å². The number of hydrogen-bond donors (Lipinski definition) is 2. The van der Waals surface area contributed by atoms with Gasteiger partial charge in [-0.25, -0.2) is 0 Å². The van der Waals surface area contributed by atoms with Crippen molar-refractivity contribution in [1.29, 1.82) is 0 Å². The van der Waals surface area contributed by atoms with Gasteiger partial charge in [0.2, 0.25) is 11.8 Å². The summed E-state index contributed by atoms with van der Waals surface area (Å²) in [5.74, 6) is 0.147. The van der Waals surface area contributed by atoms with E-state index < -0.39 is 0 Å². The highest BCUT2D eigenvalue weighted by Gasteiger charge is 2.21. The fraction of sp³-hybridized carbons (Fsp3) is 0.300. The van der Waals surface area contributed by atoms with Crippen molar-refractivity contribution in [3.05, 3.63) is 60.2 Å². The molecule has 0 atom stereocenters. The second-order valence-corrected chi connectivity index (χ2v) is 6.13. The van der Waals surface area contributed by atoms with Crippen LogP contribution in [0.25, 0.3) is 0 Å². The lowest BCUT2D eigenvalue weighted by atomic mass is 10.1. The van der Waals surface area contributed by atoms with E-state index >= 15 is 0 Å². The lowest BCUT2D eigenvalue weighted by molar-refractivity contribution is -0.119. The Balaban J connectivity index is 1.40. The van der Waals surface area contributed by atoms with Crippen LogP contribution in [0.15, 0.2) is 54.6 Å². The number of carbonyl (C=O) groups excluding carboxylic acids is 2. The van der Waals surface area contributed by atoms with E-state index in [2.05, 4.69) is 22.8 Å². The minimum absolute atomic E-state index is 0.0327. The average Bonchev–Trinajstić information content (AvgIpc) is 3.07. The molecule has 0 bridgehead atoms. The molecule has 5 nitrogen and oxygen atoms in total. The van der Waals surface area contributed by atoms with Crippen LogP contribution in [0.5, 0.6) is 0 Å². The van der Waals surface area contributed by atoms with E-state index in [4.69, 9.17) is 0 Å². The van der Waals surface area contributed by atoms with Crippen LogP contribution < -0.4 is 15.5 Å². The van der Waals surface area contributed by atoms with Crippen LogP contribution in [-0.2, 0) is 16.0 Å². The summed E-state index contributed by atoms with van der Waals surface area (Å²) in [4.78, 5) is 25.4. The SMILES string of the molecule is O=C(CNc1ccc(N2CCCC2=O)cc1)NCCc1ccccc1. The summed E-state index contributed by atoms with van der Waals surface area (Å²) in [7, 11) is 0. The van der Waals surface area contributed by atoms with Gasteiger partial charge in [0.1, 0.15) is 0 Å². The summed E-state index contributed by atoms with van der Waals surface area (Å²) in [6, 6.07) is 17.7. The first-order chi connectivity index (χ1) is 12.2. The van der Waals surface area contributed by atoms with Gasteiger partial charge in [0.25, 0.3) is 0 Å². The Morgan fingerprint density at radius 3 is 2.48 bits per heavy atom. The summed E-state index contributed by atoms with van der Waals surface area (Å²) in [6.07, 6.45) is 2.37. The molecule has 3 rings (SSSR count). The molecule has 1 fully saturated rings. The molecule has 2 N–H and O–H groups in total. The first-order valence-corrected chi connectivity index (χ1v) is 8.67. The fourth-order valence-electron chi connectivity index (χ4n) is 2.92. The molecule has 0 saturated carbocycles. The Labute approximate surface area is 148 Å². The van der Waals surface area contributed by atoms with Crippen molar-refractivity contribution in [2.45, 2.75) is 19.3 Å². The lowest BCUT2D eigenvalue weighted by Gasteiger charge is -2.16. The second kappa shape index (κ2) is 8.33. The van der Waals surface area contributed by atoms with Crippen molar-refractivity contribution in [3.8, 4) is 0 Å². The van der Waals surface area contributed by atoms with Crippen molar-refractivity contribution in [2.75, 3.05) is 29.9 Å². The molecule has 2 amide bonds. The highest BCUT2D eigenvalue weighted by molar-refractivity contribution is 5.95. The van der Waals surface area contributed by atoms with Gasteiger partial charge < -0.3 is 15.5 Å². The first-order valence-electron chi connectivity index (χ1n) is 8.67. The van der Waals surface area contributed by atoms with Crippen molar-refractivity contribution in [3.63, 3.8) is 0 Å². The fourth-order valence-corrected chi connectivity index (χ4v) is 2.92. The minimum atomic E-state index is -0.0327. The maximum absolute atomic E-state index is 11.9. The maximum atomic E-state index is 11.9. The van der Waals surface area contributed by atoms with Crippen molar-refractivity contribution < 1.29 is 9.59 Å². The second-order valence-electron chi connectivity index (χ2n) is 6.13. The molecule has 1 aliphatic heterocycles. The lowest BCUT2D eigenvalue weighted by Crippen LogP contribution is -2.31. The highest BCUT2D eigenvalue weighted by atomic mass is 16.2. The van der Waals surface area contributed by atoms with Gasteiger partial charge >= 0.3 is 0 Å². The molecule has 1 saturated heterocycles. The Kier molecular flexibility index (Phi) is 5.67. The topological polar surface area (TPSA) is 61.4 Å². The molecule has 0 spiro atoms. The minimum Gasteiger partial charge on any atom is -0.376 e. The summed E-state index contributed by atoms with van der Waals surface area (Å²) < 4.78 is 0. The summed E-state index contributed by atoms with van der Waals surface area (Å²) in [5, 5.41) is 6.02. The van der Waals surface area contributed by atoms with Crippen molar-refractivity contribution >= 4 is 23.2 Å². The van der Waals surface area contributed by atoms with Gasteiger partial charge in [-0.1, -0.05) is 30.3 Å². The zero-order valence-electron chi connectivity index (χ0n) is 14.2. The molecule has 0 unspecified atom stereocenters.